The van der Waals surface area contributed by atoms with Gasteiger partial charge in [0.15, 0.2) is 0 Å². The molecule has 1 heterocycles. The van der Waals surface area contributed by atoms with Crippen LogP contribution in [0.4, 0.5) is 5.69 Å². The van der Waals surface area contributed by atoms with E-state index in [9.17, 15) is 8.42 Å². The van der Waals surface area contributed by atoms with Gasteiger partial charge in [-0.3, -0.25) is 4.31 Å². The van der Waals surface area contributed by atoms with E-state index in [2.05, 4.69) is 4.90 Å². The average Bonchev–Trinajstić information content (AvgIpc) is 2.73. The van der Waals surface area contributed by atoms with Crippen molar-refractivity contribution in [2.75, 3.05) is 24.4 Å². The minimum Gasteiger partial charge on any atom is -0.300 e. The van der Waals surface area contributed by atoms with Gasteiger partial charge in [0.1, 0.15) is 0 Å². The summed E-state index contributed by atoms with van der Waals surface area (Å²) >= 11 is 0. The van der Waals surface area contributed by atoms with Crippen LogP contribution in [0.2, 0.25) is 0 Å². The van der Waals surface area contributed by atoms with Gasteiger partial charge >= 0.3 is 0 Å². The number of aryl methyl sites for hydroxylation is 1. The molecule has 2 aromatic carbocycles. The number of rotatable bonds is 3. The minimum absolute atomic E-state index is 0.418. The molecule has 0 saturated carbocycles. The molecule has 0 bridgehead atoms. The van der Waals surface area contributed by atoms with Crippen molar-refractivity contribution in [2.45, 2.75) is 24.8 Å². The number of sulfonamides is 1. The van der Waals surface area contributed by atoms with Crippen molar-refractivity contribution in [3.63, 3.8) is 0 Å². The lowest BCUT2D eigenvalue weighted by molar-refractivity contribution is 0.344. The normalized spacial score (nSPS) is 16.0. The second-order valence-electron chi connectivity index (χ2n) is 5.90. The molecule has 1 aliphatic heterocycles. The first kappa shape index (κ1) is 16.0. The van der Waals surface area contributed by atoms with Gasteiger partial charge in [0.25, 0.3) is 10.0 Å². The summed E-state index contributed by atoms with van der Waals surface area (Å²) in [4.78, 5) is 2.57. The Labute approximate surface area is 138 Å². The van der Waals surface area contributed by atoms with Crippen molar-refractivity contribution in [1.82, 2.24) is 4.90 Å². The summed E-state index contributed by atoms with van der Waals surface area (Å²) in [5, 5.41) is 0. The van der Waals surface area contributed by atoms with Crippen molar-refractivity contribution < 1.29 is 8.42 Å². The van der Waals surface area contributed by atoms with Gasteiger partial charge in [-0.2, -0.15) is 0 Å². The Morgan fingerprint density at radius 2 is 1.70 bits per heavy atom. The zero-order chi connectivity index (χ0) is 16.4. The largest absolute Gasteiger partial charge is 0.300 e. The first-order valence-corrected chi connectivity index (χ1v) is 9.35. The maximum absolute atomic E-state index is 13.3. The van der Waals surface area contributed by atoms with E-state index >= 15 is 0 Å². The monoisotopic (exact) mass is 330 g/mol. The summed E-state index contributed by atoms with van der Waals surface area (Å²) < 4.78 is 28.2. The molecule has 0 fully saturated rings. The number of likely N-dealkylation sites (N-methyl/N-ethyl adjacent to an activating group) is 1. The van der Waals surface area contributed by atoms with Crippen molar-refractivity contribution in [3.8, 4) is 0 Å². The van der Waals surface area contributed by atoms with Crippen LogP contribution < -0.4 is 4.31 Å². The SMILES string of the molecule is CCc1ccccc1S(=O)(=O)N1CCN(C)Cc2ccccc21. The third-order valence-electron chi connectivity index (χ3n) is 4.31. The molecule has 0 spiro atoms. The molecule has 0 aromatic heterocycles. The summed E-state index contributed by atoms with van der Waals surface area (Å²) in [7, 11) is -1.54. The Hall–Kier alpha value is -1.85. The van der Waals surface area contributed by atoms with Crippen LogP contribution in [-0.2, 0) is 23.0 Å². The Morgan fingerprint density at radius 1 is 1.00 bits per heavy atom. The third kappa shape index (κ3) is 2.99. The standard InChI is InChI=1S/C18H22N2O2S/c1-3-15-8-5-7-11-18(15)23(21,22)20-13-12-19(2)14-16-9-4-6-10-17(16)20/h4-11H,3,12-14H2,1-2H3. The molecule has 0 radical (unpaired) electrons. The van der Waals surface area contributed by atoms with E-state index in [1.54, 1.807) is 16.4 Å². The highest BCUT2D eigenvalue weighted by molar-refractivity contribution is 7.92. The van der Waals surface area contributed by atoms with Gasteiger partial charge in [0, 0.05) is 19.6 Å². The molecule has 0 atom stereocenters. The zero-order valence-electron chi connectivity index (χ0n) is 13.6. The quantitative estimate of drug-likeness (QED) is 0.869. The van der Waals surface area contributed by atoms with Crippen LogP contribution in [0.15, 0.2) is 53.4 Å². The van der Waals surface area contributed by atoms with E-state index in [-0.39, 0.29) is 0 Å². The highest BCUT2D eigenvalue weighted by Gasteiger charge is 2.30. The molecular weight excluding hydrogens is 308 g/mol. The molecule has 1 aliphatic rings. The molecule has 23 heavy (non-hydrogen) atoms. The Balaban J connectivity index is 2.13. The van der Waals surface area contributed by atoms with E-state index < -0.39 is 10.0 Å². The number of fused-ring (bicyclic) bond motifs is 1. The number of anilines is 1. The number of nitrogens with zero attached hydrogens (tertiary/aromatic N) is 2. The summed E-state index contributed by atoms with van der Waals surface area (Å²) in [5.74, 6) is 0. The van der Waals surface area contributed by atoms with E-state index in [0.29, 0.717) is 24.4 Å². The van der Waals surface area contributed by atoms with E-state index in [4.69, 9.17) is 0 Å². The number of para-hydroxylation sites is 1. The van der Waals surface area contributed by atoms with Crippen molar-refractivity contribution in [3.05, 3.63) is 59.7 Å². The van der Waals surface area contributed by atoms with Gasteiger partial charge in [0.05, 0.1) is 10.6 Å². The molecule has 0 saturated heterocycles. The van der Waals surface area contributed by atoms with Gasteiger partial charge in [-0.15, -0.1) is 0 Å². The van der Waals surface area contributed by atoms with Crippen LogP contribution in [0.3, 0.4) is 0 Å². The average molecular weight is 330 g/mol. The highest BCUT2D eigenvalue weighted by Crippen LogP contribution is 2.31. The van der Waals surface area contributed by atoms with Crippen molar-refractivity contribution in [2.24, 2.45) is 0 Å². The van der Waals surface area contributed by atoms with Crippen LogP contribution in [0, 0.1) is 0 Å². The smallest absolute Gasteiger partial charge is 0.264 e. The van der Waals surface area contributed by atoms with Gasteiger partial charge in [-0.25, -0.2) is 8.42 Å². The number of benzene rings is 2. The summed E-state index contributed by atoms with van der Waals surface area (Å²) in [5.41, 5.74) is 2.70. The lowest BCUT2D eigenvalue weighted by atomic mass is 10.2. The van der Waals surface area contributed by atoms with Crippen LogP contribution in [0.25, 0.3) is 0 Å². The fourth-order valence-electron chi connectivity index (χ4n) is 3.06. The predicted molar refractivity (Wildman–Crippen MR) is 93.1 cm³/mol. The first-order chi connectivity index (χ1) is 11.0. The molecule has 2 aromatic rings. The summed E-state index contributed by atoms with van der Waals surface area (Å²) in [6.07, 6.45) is 0.699. The van der Waals surface area contributed by atoms with E-state index in [1.165, 1.54) is 0 Å². The molecule has 0 N–H and O–H groups in total. The lowest BCUT2D eigenvalue weighted by Gasteiger charge is -2.25. The Morgan fingerprint density at radius 3 is 2.48 bits per heavy atom. The fraction of sp³-hybridized carbons (Fsp3) is 0.333. The van der Waals surface area contributed by atoms with E-state index in [1.807, 2.05) is 50.4 Å². The number of hydrogen-bond acceptors (Lipinski definition) is 3. The maximum atomic E-state index is 13.3. The van der Waals surface area contributed by atoms with Crippen molar-refractivity contribution >= 4 is 15.7 Å². The van der Waals surface area contributed by atoms with Crippen LogP contribution >= 0.6 is 0 Å². The van der Waals surface area contributed by atoms with Crippen LogP contribution in [-0.4, -0.2) is 33.5 Å². The second kappa shape index (κ2) is 6.34. The Bertz CT molecular complexity index is 802. The van der Waals surface area contributed by atoms with Gasteiger partial charge in [-0.1, -0.05) is 43.3 Å². The molecule has 0 aliphatic carbocycles. The topological polar surface area (TPSA) is 40.6 Å². The maximum Gasteiger partial charge on any atom is 0.264 e. The molecule has 122 valence electrons. The molecule has 3 rings (SSSR count). The fourth-order valence-corrected chi connectivity index (χ4v) is 4.85. The van der Waals surface area contributed by atoms with Gasteiger partial charge in [-0.05, 0) is 36.7 Å². The predicted octanol–water partition coefficient (Wildman–Crippen LogP) is 2.89. The summed E-state index contributed by atoms with van der Waals surface area (Å²) in [6.45, 7) is 3.92. The van der Waals surface area contributed by atoms with Crippen molar-refractivity contribution in [1.29, 1.82) is 0 Å². The molecule has 4 nitrogen and oxygen atoms in total. The van der Waals surface area contributed by atoms with Crippen LogP contribution in [0.5, 0.6) is 0 Å². The Kier molecular flexibility index (Phi) is 4.41. The minimum atomic E-state index is -3.56. The molecular formula is C18H22N2O2S. The zero-order valence-corrected chi connectivity index (χ0v) is 14.4. The van der Waals surface area contributed by atoms with Gasteiger partial charge < -0.3 is 4.90 Å². The molecule has 5 heteroatoms. The molecule has 0 unspecified atom stereocenters. The molecule has 0 amide bonds. The summed E-state index contributed by atoms with van der Waals surface area (Å²) in [6, 6.07) is 15.1. The highest BCUT2D eigenvalue weighted by atomic mass is 32.2. The number of hydrogen-bond donors (Lipinski definition) is 0. The third-order valence-corrected chi connectivity index (χ3v) is 6.22. The second-order valence-corrected chi connectivity index (χ2v) is 7.74. The first-order valence-electron chi connectivity index (χ1n) is 7.91. The lowest BCUT2D eigenvalue weighted by Crippen LogP contribution is -2.35. The van der Waals surface area contributed by atoms with Crippen LogP contribution in [0.1, 0.15) is 18.1 Å². The van der Waals surface area contributed by atoms with Gasteiger partial charge in [0.2, 0.25) is 0 Å². The van der Waals surface area contributed by atoms with E-state index in [0.717, 1.165) is 23.4 Å².